The first-order valence-corrected chi connectivity index (χ1v) is 32.7. The van der Waals surface area contributed by atoms with Crippen molar-refractivity contribution in [3.8, 4) is 0 Å². The van der Waals surface area contributed by atoms with E-state index in [9.17, 15) is 43.9 Å². The highest BCUT2D eigenvalue weighted by atomic mass is 16.6. The minimum Gasteiger partial charge on any atom is -0.389 e. The fraction of sp³-hybridized carbons (Fsp3) is 0.543. The lowest BCUT2D eigenvalue weighted by molar-refractivity contribution is -0.138. The van der Waals surface area contributed by atoms with Crippen LogP contribution in [0.5, 0.6) is 0 Å². The summed E-state index contributed by atoms with van der Waals surface area (Å²) in [4.78, 5) is 116. The third-order valence-corrected chi connectivity index (χ3v) is 18.4. The molecular formula is C70H92N10O10. The maximum absolute atomic E-state index is 14.7. The summed E-state index contributed by atoms with van der Waals surface area (Å²) in [5, 5.41) is 7.04. The SMILES string of the molecule is CN(CCOCCN(C)C(=O)[C@@H]1C[C@H](N=[N+]=[N-])CN1C(=O)c1ccc2c(c1)CC(=O)OC2=O)C(=O)CCC12c3cc(CC(=O)CCCCCCCN)ccc3C(c3ccc(CC(=O)CCCCCCCN)cc31)c1ccc(NC(=O)CCCCCCCN)cc12. The lowest BCUT2D eigenvalue weighted by Gasteiger charge is -2.51. The number of benzene rings is 4. The number of nitrogens with one attached hydrogen (secondary N) is 1. The Morgan fingerprint density at radius 1 is 0.667 bits per heavy atom. The summed E-state index contributed by atoms with van der Waals surface area (Å²) in [6.07, 6.45) is 16.6. The summed E-state index contributed by atoms with van der Waals surface area (Å²) < 4.78 is 10.8. The van der Waals surface area contributed by atoms with Crippen LogP contribution in [0.1, 0.15) is 212 Å². The van der Waals surface area contributed by atoms with Gasteiger partial charge in [-0.05, 0) is 157 Å². The monoisotopic (exact) mass is 1230 g/mol. The topological polar surface area (TPSA) is 304 Å². The third kappa shape index (κ3) is 17.2. The summed E-state index contributed by atoms with van der Waals surface area (Å²) in [6.45, 7) is 2.62. The van der Waals surface area contributed by atoms with E-state index in [-0.39, 0.29) is 105 Å². The van der Waals surface area contributed by atoms with Crippen LogP contribution in [0.2, 0.25) is 0 Å². The molecule has 7 N–H and O–H groups in total. The average Bonchev–Trinajstić information content (AvgIpc) is 0.903. The number of likely N-dealkylation sites (N-methyl/N-ethyl adjacent to an activating group) is 2. The summed E-state index contributed by atoms with van der Waals surface area (Å²) in [6, 6.07) is 21.7. The van der Waals surface area contributed by atoms with Gasteiger partial charge >= 0.3 is 11.9 Å². The molecule has 5 aliphatic rings. The van der Waals surface area contributed by atoms with Crippen LogP contribution in [-0.4, -0.2) is 140 Å². The fourth-order valence-electron chi connectivity index (χ4n) is 13.6. The Labute approximate surface area is 529 Å². The van der Waals surface area contributed by atoms with E-state index < -0.39 is 41.3 Å². The molecule has 2 bridgehead atoms. The highest BCUT2D eigenvalue weighted by Crippen LogP contribution is 2.61. The number of fused-ring (bicyclic) bond motifs is 1. The van der Waals surface area contributed by atoms with E-state index in [2.05, 4.69) is 63.9 Å². The number of nitrogens with two attached hydrogens (primary N) is 3. The number of cyclic esters (lactones) is 2. The maximum Gasteiger partial charge on any atom is 0.346 e. The summed E-state index contributed by atoms with van der Waals surface area (Å²) in [5.74, 6) is -2.49. The van der Waals surface area contributed by atoms with Crippen molar-refractivity contribution in [2.75, 3.05) is 71.9 Å². The summed E-state index contributed by atoms with van der Waals surface area (Å²) in [7, 11) is 3.33. The Hall–Kier alpha value is -7.61. The van der Waals surface area contributed by atoms with Crippen LogP contribution in [-0.2, 0) is 62.9 Å². The normalized spacial score (nSPS) is 17.6. The zero-order valence-electron chi connectivity index (χ0n) is 52.8. The number of ether oxygens (including phenoxy) is 2. The molecule has 2 heterocycles. The molecule has 4 aromatic carbocycles. The third-order valence-electron chi connectivity index (χ3n) is 18.4. The van der Waals surface area contributed by atoms with Crippen molar-refractivity contribution in [2.24, 2.45) is 22.3 Å². The van der Waals surface area contributed by atoms with E-state index in [0.29, 0.717) is 56.6 Å². The number of hydrogen-bond acceptors (Lipinski definition) is 14. The number of ketones is 2. The average molecular weight is 1230 g/mol. The van der Waals surface area contributed by atoms with E-state index >= 15 is 0 Å². The van der Waals surface area contributed by atoms with Crippen LogP contribution in [0.3, 0.4) is 0 Å². The molecule has 1 fully saturated rings. The maximum atomic E-state index is 14.7. The van der Waals surface area contributed by atoms with Gasteiger partial charge in [-0.2, -0.15) is 0 Å². The smallest absolute Gasteiger partial charge is 0.346 e. The van der Waals surface area contributed by atoms with Gasteiger partial charge in [-0.3, -0.25) is 33.6 Å². The predicted octanol–water partition coefficient (Wildman–Crippen LogP) is 9.43. The second-order valence-electron chi connectivity index (χ2n) is 24.9. The number of azide groups is 1. The van der Waals surface area contributed by atoms with Crippen LogP contribution in [0, 0.1) is 0 Å². The van der Waals surface area contributed by atoms with Gasteiger partial charge in [0.1, 0.15) is 17.6 Å². The Morgan fingerprint density at radius 3 is 1.78 bits per heavy atom. The molecule has 20 nitrogen and oxygen atoms in total. The molecular weight excluding hydrogens is 1140 g/mol. The van der Waals surface area contributed by atoms with Crippen molar-refractivity contribution >= 4 is 52.8 Å². The van der Waals surface area contributed by atoms with Crippen LogP contribution in [0.15, 0.2) is 77.9 Å². The molecule has 4 amide bonds. The molecule has 1 saturated heterocycles. The number of amides is 4. The number of anilines is 1. The number of likely N-dealkylation sites (tertiary alicyclic amines) is 1. The van der Waals surface area contributed by atoms with Crippen molar-refractivity contribution in [1.82, 2.24) is 14.7 Å². The molecule has 4 aromatic rings. The summed E-state index contributed by atoms with van der Waals surface area (Å²) >= 11 is 0. The molecule has 0 saturated carbocycles. The first-order chi connectivity index (χ1) is 43.6. The molecule has 2 atom stereocenters. The van der Waals surface area contributed by atoms with E-state index in [1.54, 1.807) is 19.0 Å². The van der Waals surface area contributed by atoms with Crippen LogP contribution >= 0.6 is 0 Å². The largest absolute Gasteiger partial charge is 0.389 e. The molecule has 0 unspecified atom stereocenters. The lowest BCUT2D eigenvalue weighted by Crippen LogP contribution is -2.47. The Kier molecular flexibility index (Phi) is 25.4. The van der Waals surface area contributed by atoms with Gasteiger partial charge in [0.25, 0.3) is 5.91 Å². The zero-order chi connectivity index (χ0) is 64.2. The first-order valence-electron chi connectivity index (χ1n) is 32.7. The van der Waals surface area contributed by atoms with Gasteiger partial charge in [-0.1, -0.05) is 105 Å². The molecule has 20 heteroatoms. The zero-order valence-corrected chi connectivity index (χ0v) is 52.8. The molecule has 2 aliphatic heterocycles. The van der Waals surface area contributed by atoms with Crippen molar-refractivity contribution in [3.05, 3.63) is 144 Å². The minimum absolute atomic E-state index is 0.0110. The second-order valence-corrected chi connectivity index (χ2v) is 24.9. The number of esters is 2. The number of nitrogens with zero attached hydrogens (tertiary/aromatic N) is 6. The number of rotatable bonds is 38. The lowest BCUT2D eigenvalue weighted by atomic mass is 9.51. The van der Waals surface area contributed by atoms with Gasteiger partial charge in [-0.25, -0.2) is 4.79 Å². The highest BCUT2D eigenvalue weighted by Gasteiger charge is 2.52. The van der Waals surface area contributed by atoms with Crippen molar-refractivity contribution in [3.63, 3.8) is 0 Å². The predicted molar refractivity (Wildman–Crippen MR) is 345 cm³/mol. The standard InChI is InChI=1S/C70H92N10O10/c1-78(34-36-89-37-35-79(2)68(87)62-45-52(76-77-74)46-80(62)67(86)49-23-27-55-50(42-49)43-65(85)90-69(55)88)64(84)29-30-70-59-40-47(38-53(81)18-12-6-3-9-15-31-71)21-25-56(59)66(57-26-22-48(41-60(57)70)39-54(82)19-13-7-4-10-16-32-72)58-28-24-51(44-61(58)70)75-63(83)20-14-8-5-11-17-33-73/h21-28,40-42,44,52,62,66H,3-20,29-39,43,45-46,71-73H2,1-2H3,(H,75,83)/t52-,62-,66?,70?/m0/s1. The molecule has 0 radical (unpaired) electrons. The molecule has 9 rings (SSSR count). The fourth-order valence-corrected chi connectivity index (χ4v) is 13.6. The van der Waals surface area contributed by atoms with Gasteiger partial charge in [-0.15, -0.1) is 0 Å². The molecule has 0 aromatic heterocycles. The van der Waals surface area contributed by atoms with Crippen molar-refractivity contribution in [2.45, 2.75) is 178 Å². The number of carbonyl (C=O) groups is 8. The first kappa shape index (κ1) is 68.3. The molecule has 3 aliphatic carbocycles. The van der Waals surface area contributed by atoms with Crippen molar-refractivity contribution < 1.29 is 47.8 Å². The molecule has 90 heavy (non-hydrogen) atoms. The second kappa shape index (κ2) is 33.5. The van der Waals surface area contributed by atoms with E-state index in [1.807, 2.05) is 6.07 Å². The van der Waals surface area contributed by atoms with Gasteiger partial charge in [0, 0.05) is 99.7 Å². The van der Waals surface area contributed by atoms with Gasteiger partial charge in [0.05, 0.1) is 31.2 Å². The highest BCUT2D eigenvalue weighted by molar-refractivity contribution is 6.05. The van der Waals surface area contributed by atoms with E-state index in [1.165, 1.54) is 28.0 Å². The molecule has 482 valence electrons. The van der Waals surface area contributed by atoms with Crippen LogP contribution in [0.4, 0.5) is 5.69 Å². The Morgan fingerprint density at radius 2 is 1.20 bits per heavy atom. The van der Waals surface area contributed by atoms with Crippen LogP contribution in [0.25, 0.3) is 10.4 Å². The van der Waals surface area contributed by atoms with Crippen LogP contribution < -0.4 is 22.5 Å². The van der Waals surface area contributed by atoms with E-state index in [0.717, 1.165) is 141 Å². The number of hydrogen-bond donors (Lipinski definition) is 4. The van der Waals surface area contributed by atoms with Gasteiger partial charge < -0.3 is 46.7 Å². The minimum atomic E-state index is -0.965. The van der Waals surface area contributed by atoms with E-state index in [4.69, 9.17) is 26.7 Å². The number of Topliss-reactive ketones (excluding diaryl/α,β-unsaturated/α-hetero) is 2. The Bertz CT molecular complexity index is 3090. The molecule has 0 spiro atoms. The van der Waals surface area contributed by atoms with Crippen molar-refractivity contribution in [1.29, 1.82) is 0 Å². The quantitative estimate of drug-likeness (QED) is 0.00812. The number of carbonyl (C=O) groups excluding carboxylic acids is 8. The van der Waals surface area contributed by atoms with Gasteiger partial charge in [0.15, 0.2) is 0 Å². The Balaban J connectivity index is 0.999. The van der Waals surface area contributed by atoms with Gasteiger partial charge in [0.2, 0.25) is 17.7 Å². The number of unbranched alkanes of at least 4 members (excludes halogenated alkanes) is 12. The summed E-state index contributed by atoms with van der Waals surface area (Å²) in [5.41, 5.74) is 34.9.